The monoisotopic (exact) mass is 716 g/mol. The zero-order valence-corrected chi connectivity index (χ0v) is 29.9. The van der Waals surface area contributed by atoms with Crippen LogP contribution < -0.4 is 39.1 Å². The van der Waals surface area contributed by atoms with Crippen LogP contribution in [0.1, 0.15) is 32.1 Å². The zero-order chi connectivity index (χ0) is 37.5. The minimum absolute atomic E-state index is 0.121. The molecule has 0 bridgehead atoms. The van der Waals surface area contributed by atoms with Gasteiger partial charge in [0.2, 0.25) is 23.3 Å². The Balaban J connectivity index is 1.64. The molecule has 4 N–H and O–H groups in total. The van der Waals surface area contributed by atoms with Crippen molar-refractivity contribution in [1.29, 1.82) is 0 Å². The first-order valence-electron chi connectivity index (χ1n) is 16.3. The van der Waals surface area contributed by atoms with Crippen LogP contribution in [-0.4, -0.2) is 125 Å². The van der Waals surface area contributed by atoms with E-state index in [9.17, 15) is 29.4 Å². The van der Waals surface area contributed by atoms with Gasteiger partial charge in [-0.05, 0) is 38.9 Å². The van der Waals surface area contributed by atoms with Gasteiger partial charge in [0.25, 0.3) is 0 Å². The summed E-state index contributed by atoms with van der Waals surface area (Å²) < 4.78 is 32.1. The molecule has 1 aliphatic rings. The maximum Gasteiger partial charge on any atom is 0.333 e. The van der Waals surface area contributed by atoms with Crippen LogP contribution in [0.3, 0.4) is 0 Å². The average Bonchev–Trinajstić information content (AvgIpc) is 3.31. The van der Waals surface area contributed by atoms with Gasteiger partial charge in [0.15, 0.2) is 23.0 Å². The van der Waals surface area contributed by atoms with Gasteiger partial charge in [-0.3, -0.25) is 14.5 Å². The van der Waals surface area contributed by atoms with Gasteiger partial charge in [0.1, 0.15) is 0 Å². The van der Waals surface area contributed by atoms with Gasteiger partial charge < -0.3 is 54.2 Å². The molecule has 280 valence electrons. The lowest BCUT2D eigenvalue weighted by molar-refractivity contribution is -0.135. The Labute approximate surface area is 297 Å². The number of aliphatic carboxylic acids is 2. The summed E-state index contributed by atoms with van der Waals surface area (Å²) in [5.41, 5.74) is 0.672. The predicted molar refractivity (Wildman–Crippen MR) is 188 cm³/mol. The first-order valence-corrected chi connectivity index (χ1v) is 16.3. The van der Waals surface area contributed by atoms with Crippen LogP contribution in [0.2, 0.25) is 0 Å². The second-order valence-corrected chi connectivity index (χ2v) is 11.6. The van der Waals surface area contributed by atoms with Gasteiger partial charge in [-0.25, -0.2) is 9.59 Å². The van der Waals surface area contributed by atoms with Gasteiger partial charge in [-0.15, -0.1) is 0 Å². The van der Waals surface area contributed by atoms with E-state index in [1.54, 1.807) is 24.3 Å². The predicted octanol–water partition coefficient (Wildman–Crippen LogP) is 3.35. The van der Waals surface area contributed by atoms with Crippen molar-refractivity contribution in [2.75, 3.05) is 86.0 Å². The molecule has 51 heavy (non-hydrogen) atoms. The number of hydrogen-bond donors (Lipinski definition) is 4. The molecule has 16 heteroatoms. The van der Waals surface area contributed by atoms with Crippen molar-refractivity contribution in [3.63, 3.8) is 0 Å². The number of carbonyl (C=O) groups is 4. The van der Waals surface area contributed by atoms with Crippen molar-refractivity contribution in [2.24, 2.45) is 0 Å². The molecular formula is C35H48N4O12. The van der Waals surface area contributed by atoms with E-state index in [0.29, 0.717) is 91.3 Å². The SMILES string of the molecule is COc1cc(NC(=O)CCCN2CCCN(CCCC(=O)Nc3cc(OC)c(OC)c(OC)c3)C(C(=CC(=O)O)C(=O)O)C2)cc(OC)c1OC. The highest BCUT2D eigenvalue weighted by Crippen LogP contribution is 2.41. The van der Waals surface area contributed by atoms with Crippen LogP contribution >= 0.6 is 0 Å². The van der Waals surface area contributed by atoms with Crippen molar-refractivity contribution in [1.82, 2.24) is 9.80 Å². The van der Waals surface area contributed by atoms with Gasteiger partial charge in [-0.1, -0.05) is 0 Å². The molecule has 1 fully saturated rings. The Hall–Kier alpha value is -5.22. The zero-order valence-electron chi connectivity index (χ0n) is 29.9. The molecule has 0 spiro atoms. The molecule has 2 amide bonds. The lowest BCUT2D eigenvalue weighted by Crippen LogP contribution is -2.45. The highest BCUT2D eigenvalue weighted by Gasteiger charge is 2.32. The molecule has 1 saturated heterocycles. The third-order valence-electron chi connectivity index (χ3n) is 8.30. The van der Waals surface area contributed by atoms with E-state index in [1.807, 2.05) is 9.80 Å². The smallest absolute Gasteiger partial charge is 0.333 e. The Bertz CT molecular complexity index is 1510. The maximum atomic E-state index is 12.9. The number of hydrogen-bond acceptors (Lipinski definition) is 12. The highest BCUT2D eigenvalue weighted by molar-refractivity contribution is 5.96. The topological polar surface area (TPSA) is 195 Å². The van der Waals surface area contributed by atoms with Crippen LogP contribution in [0.5, 0.6) is 34.5 Å². The van der Waals surface area contributed by atoms with Gasteiger partial charge in [-0.2, -0.15) is 0 Å². The summed E-state index contributed by atoms with van der Waals surface area (Å²) in [5, 5.41) is 25.2. The number of anilines is 2. The molecule has 1 heterocycles. The van der Waals surface area contributed by atoms with Gasteiger partial charge >= 0.3 is 11.9 Å². The summed E-state index contributed by atoms with van der Waals surface area (Å²) in [5.74, 6) is -0.855. The summed E-state index contributed by atoms with van der Waals surface area (Å²) in [6.07, 6.45) is 2.55. The van der Waals surface area contributed by atoms with Gasteiger partial charge in [0.05, 0.1) is 54.3 Å². The average molecular weight is 717 g/mol. The fourth-order valence-corrected chi connectivity index (χ4v) is 5.96. The largest absolute Gasteiger partial charge is 0.493 e. The summed E-state index contributed by atoms with van der Waals surface area (Å²) in [6.45, 7) is 2.16. The summed E-state index contributed by atoms with van der Waals surface area (Å²) in [7, 11) is 8.88. The standard InChI is InChI=1S/C35H48N4O12/c1-46-26-16-22(17-27(47-2)33(26)50-5)36-30(40)10-7-12-38-13-9-15-39(25(21-38)24(35(44)45)20-32(42)43)14-8-11-31(41)37-23-18-28(48-3)34(51-6)29(19-23)49-4/h16-20,25H,7-15,21H2,1-6H3,(H,36,40)(H,37,41)(H,42,43)(H,44,45). The van der Waals surface area contributed by atoms with Crippen molar-refractivity contribution in [3.8, 4) is 34.5 Å². The summed E-state index contributed by atoms with van der Waals surface area (Å²) in [4.78, 5) is 53.6. The Morgan fingerprint density at radius 3 is 1.55 bits per heavy atom. The molecule has 1 aliphatic heterocycles. The van der Waals surface area contributed by atoms with Crippen molar-refractivity contribution in [3.05, 3.63) is 35.9 Å². The number of carboxylic acids is 2. The van der Waals surface area contributed by atoms with Crippen LogP contribution in [0.15, 0.2) is 35.9 Å². The van der Waals surface area contributed by atoms with E-state index in [-0.39, 0.29) is 36.8 Å². The lowest BCUT2D eigenvalue weighted by atomic mass is 10.0. The molecule has 1 atom stereocenters. The van der Waals surface area contributed by atoms with Crippen LogP contribution in [0.25, 0.3) is 0 Å². The molecular weight excluding hydrogens is 668 g/mol. The van der Waals surface area contributed by atoms with E-state index in [1.165, 1.54) is 42.7 Å². The maximum absolute atomic E-state index is 12.9. The highest BCUT2D eigenvalue weighted by atomic mass is 16.5. The molecule has 16 nitrogen and oxygen atoms in total. The fraction of sp³-hybridized carbons (Fsp3) is 0.486. The minimum atomic E-state index is -1.36. The van der Waals surface area contributed by atoms with Crippen molar-refractivity contribution in [2.45, 2.75) is 38.1 Å². The number of benzene rings is 2. The molecule has 3 rings (SSSR count). The molecule has 0 radical (unpaired) electrons. The summed E-state index contributed by atoms with van der Waals surface area (Å²) >= 11 is 0. The van der Waals surface area contributed by atoms with Gasteiger partial charge in [0, 0.05) is 67.6 Å². The van der Waals surface area contributed by atoms with E-state index < -0.39 is 18.0 Å². The van der Waals surface area contributed by atoms with E-state index in [2.05, 4.69) is 10.6 Å². The molecule has 0 saturated carbocycles. The Kier molecular flexibility index (Phi) is 15.6. The molecule has 0 aromatic heterocycles. The third kappa shape index (κ3) is 11.4. The van der Waals surface area contributed by atoms with Crippen LogP contribution in [0, 0.1) is 0 Å². The van der Waals surface area contributed by atoms with Crippen LogP contribution in [0.4, 0.5) is 11.4 Å². The summed E-state index contributed by atoms with van der Waals surface area (Å²) in [6, 6.07) is 5.74. The van der Waals surface area contributed by atoms with Crippen LogP contribution in [-0.2, 0) is 19.2 Å². The first kappa shape index (κ1) is 40.2. The Morgan fingerprint density at radius 2 is 1.16 bits per heavy atom. The number of nitrogens with one attached hydrogen (secondary N) is 2. The number of carbonyl (C=O) groups excluding carboxylic acids is 2. The fourth-order valence-electron chi connectivity index (χ4n) is 5.96. The number of amides is 2. The van der Waals surface area contributed by atoms with Crippen molar-refractivity contribution < 1.29 is 57.8 Å². The number of methoxy groups -OCH3 is 6. The molecule has 0 aliphatic carbocycles. The third-order valence-corrected chi connectivity index (χ3v) is 8.30. The Morgan fingerprint density at radius 1 is 0.706 bits per heavy atom. The first-order chi connectivity index (χ1) is 24.5. The lowest BCUT2D eigenvalue weighted by Gasteiger charge is -2.32. The molecule has 2 aromatic rings. The number of ether oxygens (including phenoxy) is 6. The van der Waals surface area contributed by atoms with Crippen molar-refractivity contribution >= 4 is 35.1 Å². The molecule has 1 unspecified atom stereocenters. The second kappa shape index (κ2) is 19.8. The normalized spacial score (nSPS) is 15.3. The number of rotatable bonds is 19. The number of carboxylic acid groups (broad SMARTS) is 2. The minimum Gasteiger partial charge on any atom is -0.493 e. The van der Waals surface area contributed by atoms with E-state index >= 15 is 0 Å². The number of nitrogens with zero attached hydrogens (tertiary/aromatic N) is 2. The van der Waals surface area contributed by atoms with E-state index in [4.69, 9.17) is 28.4 Å². The van der Waals surface area contributed by atoms with E-state index in [0.717, 1.165) is 6.08 Å². The second-order valence-electron chi connectivity index (χ2n) is 11.6. The quantitative estimate of drug-likeness (QED) is 0.155. The molecule has 2 aromatic carbocycles.